The third kappa shape index (κ3) is 1.91. The standard InChI is InChI=1S/C17H29NO3/c1-11(19)18-13-12-14(2,3)7-6-8-16(5,20)17(12)10-9-15(13,4)21-17/h12-13,20H,6-10H2,1-5H3,(H,18,19)/t12-,13-,15-,16-,17+/m0/s1. The maximum Gasteiger partial charge on any atom is 0.217 e. The van der Waals surface area contributed by atoms with Crippen LogP contribution in [0.5, 0.6) is 0 Å². The van der Waals surface area contributed by atoms with Crippen molar-refractivity contribution in [2.75, 3.05) is 0 Å². The summed E-state index contributed by atoms with van der Waals surface area (Å²) in [6, 6.07) is -0.0108. The molecule has 0 aromatic heterocycles. The molecule has 2 heterocycles. The molecule has 1 spiro atoms. The van der Waals surface area contributed by atoms with E-state index in [1.165, 1.54) is 0 Å². The molecule has 1 aliphatic carbocycles. The Morgan fingerprint density at radius 1 is 1.14 bits per heavy atom. The molecular formula is C17H29NO3. The quantitative estimate of drug-likeness (QED) is 0.781. The molecule has 3 fully saturated rings. The van der Waals surface area contributed by atoms with Crippen LogP contribution in [0.1, 0.15) is 66.7 Å². The SMILES string of the molecule is CC(=O)N[C@H]1[C@H]2C(C)(C)CCC[C@](C)(O)[C@@]23CC[C@]1(C)O3. The Morgan fingerprint density at radius 3 is 2.43 bits per heavy atom. The number of ether oxygens (including phenoxy) is 1. The molecular weight excluding hydrogens is 266 g/mol. The Bertz CT molecular complexity index is 473. The number of carbonyl (C=O) groups excluding carboxylic acids is 1. The zero-order valence-electron chi connectivity index (χ0n) is 14.0. The molecule has 4 nitrogen and oxygen atoms in total. The van der Waals surface area contributed by atoms with E-state index in [9.17, 15) is 9.90 Å². The molecule has 3 aliphatic rings. The van der Waals surface area contributed by atoms with Crippen molar-refractivity contribution in [2.24, 2.45) is 11.3 Å². The Labute approximate surface area is 127 Å². The van der Waals surface area contributed by atoms with Crippen molar-refractivity contribution in [2.45, 2.75) is 89.6 Å². The summed E-state index contributed by atoms with van der Waals surface area (Å²) in [6.07, 6.45) is 4.63. The van der Waals surface area contributed by atoms with Crippen LogP contribution in [-0.2, 0) is 9.53 Å². The minimum absolute atomic E-state index is 0.00721. The minimum Gasteiger partial charge on any atom is -0.387 e. The number of nitrogens with one attached hydrogen (secondary N) is 1. The Balaban J connectivity index is 2.12. The first kappa shape index (κ1) is 15.3. The predicted octanol–water partition coefficient (Wildman–Crippen LogP) is 2.39. The maximum atomic E-state index is 11.7. The molecule has 0 radical (unpaired) electrons. The molecule has 0 aromatic carbocycles. The van der Waals surface area contributed by atoms with Crippen molar-refractivity contribution in [3.8, 4) is 0 Å². The zero-order valence-corrected chi connectivity index (χ0v) is 14.0. The first-order chi connectivity index (χ1) is 9.54. The lowest BCUT2D eigenvalue weighted by molar-refractivity contribution is -0.180. The fourth-order valence-electron chi connectivity index (χ4n) is 5.52. The van der Waals surface area contributed by atoms with Gasteiger partial charge in [0.15, 0.2) is 0 Å². The second-order valence-corrected chi connectivity index (χ2v) is 8.58. The summed E-state index contributed by atoms with van der Waals surface area (Å²) in [4.78, 5) is 11.7. The number of carbonyl (C=O) groups is 1. The van der Waals surface area contributed by atoms with Crippen LogP contribution in [0.2, 0.25) is 0 Å². The van der Waals surface area contributed by atoms with E-state index in [1.54, 1.807) is 6.92 Å². The summed E-state index contributed by atoms with van der Waals surface area (Å²) in [5.41, 5.74) is -1.65. The van der Waals surface area contributed by atoms with E-state index < -0.39 is 11.2 Å². The van der Waals surface area contributed by atoms with Gasteiger partial charge in [0.2, 0.25) is 5.91 Å². The second-order valence-electron chi connectivity index (χ2n) is 8.58. The van der Waals surface area contributed by atoms with Crippen molar-refractivity contribution in [3.05, 3.63) is 0 Å². The monoisotopic (exact) mass is 295 g/mol. The number of fused-ring (bicyclic) bond motifs is 1. The highest BCUT2D eigenvalue weighted by molar-refractivity contribution is 5.73. The maximum absolute atomic E-state index is 11.7. The lowest BCUT2D eigenvalue weighted by Gasteiger charge is -2.49. The molecule has 0 aromatic rings. The lowest BCUT2D eigenvalue weighted by atomic mass is 9.57. The largest absolute Gasteiger partial charge is 0.387 e. The van der Waals surface area contributed by atoms with E-state index in [4.69, 9.17) is 4.74 Å². The van der Waals surface area contributed by atoms with Crippen LogP contribution in [0.15, 0.2) is 0 Å². The molecule has 5 atom stereocenters. The molecule has 2 N–H and O–H groups in total. The number of amides is 1. The van der Waals surface area contributed by atoms with Crippen molar-refractivity contribution < 1.29 is 14.6 Å². The van der Waals surface area contributed by atoms with Crippen molar-refractivity contribution in [1.29, 1.82) is 0 Å². The second kappa shape index (κ2) is 4.23. The number of rotatable bonds is 1. The average molecular weight is 295 g/mol. The number of aliphatic hydroxyl groups is 1. The molecule has 21 heavy (non-hydrogen) atoms. The van der Waals surface area contributed by atoms with Crippen molar-refractivity contribution in [1.82, 2.24) is 5.32 Å². The Morgan fingerprint density at radius 2 is 1.81 bits per heavy atom. The van der Waals surface area contributed by atoms with Gasteiger partial charge in [-0.05, 0) is 51.4 Å². The molecule has 3 rings (SSSR count). The van der Waals surface area contributed by atoms with Crippen LogP contribution in [0, 0.1) is 11.3 Å². The topological polar surface area (TPSA) is 58.6 Å². The fourth-order valence-corrected chi connectivity index (χ4v) is 5.52. The van der Waals surface area contributed by atoms with Gasteiger partial charge >= 0.3 is 0 Å². The van der Waals surface area contributed by atoms with E-state index in [0.717, 1.165) is 32.1 Å². The van der Waals surface area contributed by atoms with Gasteiger partial charge < -0.3 is 15.2 Å². The summed E-state index contributed by atoms with van der Waals surface area (Å²) >= 11 is 0. The molecule has 1 amide bonds. The third-order valence-electron chi connectivity index (χ3n) is 6.50. The molecule has 1 saturated carbocycles. The summed E-state index contributed by atoms with van der Waals surface area (Å²) < 4.78 is 6.53. The predicted molar refractivity (Wildman–Crippen MR) is 80.8 cm³/mol. The molecule has 2 bridgehead atoms. The average Bonchev–Trinajstić information content (AvgIpc) is 2.76. The van der Waals surface area contributed by atoms with Crippen LogP contribution >= 0.6 is 0 Å². The van der Waals surface area contributed by atoms with Gasteiger partial charge in [0.25, 0.3) is 0 Å². The Hall–Kier alpha value is -0.610. The Kier molecular flexibility index (Phi) is 3.08. The molecule has 0 unspecified atom stereocenters. The summed E-state index contributed by atoms with van der Waals surface area (Å²) in [5, 5.41) is 14.3. The normalized spacial score (nSPS) is 51.3. The fraction of sp³-hybridized carbons (Fsp3) is 0.941. The smallest absolute Gasteiger partial charge is 0.217 e. The zero-order chi connectivity index (χ0) is 15.7. The van der Waals surface area contributed by atoms with Gasteiger partial charge in [-0.3, -0.25) is 4.79 Å². The first-order valence-corrected chi connectivity index (χ1v) is 8.24. The summed E-state index contributed by atoms with van der Waals surface area (Å²) in [5.74, 6) is 0.150. The van der Waals surface area contributed by atoms with Crippen LogP contribution < -0.4 is 5.32 Å². The van der Waals surface area contributed by atoms with Crippen LogP contribution in [0.4, 0.5) is 0 Å². The highest BCUT2D eigenvalue weighted by Crippen LogP contribution is 2.65. The van der Waals surface area contributed by atoms with E-state index >= 15 is 0 Å². The lowest BCUT2D eigenvalue weighted by Crippen LogP contribution is -2.62. The number of hydrogen-bond donors (Lipinski definition) is 2. The van der Waals surface area contributed by atoms with Gasteiger partial charge in [0, 0.05) is 12.8 Å². The van der Waals surface area contributed by atoms with Crippen LogP contribution in [0.25, 0.3) is 0 Å². The first-order valence-electron chi connectivity index (χ1n) is 8.24. The van der Waals surface area contributed by atoms with E-state index in [2.05, 4.69) is 26.1 Å². The van der Waals surface area contributed by atoms with Crippen LogP contribution in [-0.4, -0.2) is 33.9 Å². The summed E-state index contributed by atoms with van der Waals surface area (Å²) in [6.45, 7) is 10.1. The molecule has 2 saturated heterocycles. The van der Waals surface area contributed by atoms with E-state index in [0.29, 0.717) is 0 Å². The van der Waals surface area contributed by atoms with Crippen LogP contribution in [0.3, 0.4) is 0 Å². The van der Waals surface area contributed by atoms with E-state index in [-0.39, 0.29) is 28.9 Å². The van der Waals surface area contributed by atoms with Gasteiger partial charge in [-0.15, -0.1) is 0 Å². The van der Waals surface area contributed by atoms with Crippen molar-refractivity contribution in [3.63, 3.8) is 0 Å². The highest BCUT2D eigenvalue weighted by Gasteiger charge is 2.74. The molecule has 4 heteroatoms. The van der Waals surface area contributed by atoms with Crippen molar-refractivity contribution >= 4 is 5.91 Å². The van der Waals surface area contributed by atoms with Gasteiger partial charge in [0.1, 0.15) is 5.60 Å². The van der Waals surface area contributed by atoms with Gasteiger partial charge in [-0.2, -0.15) is 0 Å². The highest BCUT2D eigenvalue weighted by atomic mass is 16.6. The summed E-state index contributed by atoms with van der Waals surface area (Å²) in [7, 11) is 0. The van der Waals surface area contributed by atoms with E-state index in [1.807, 2.05) is 6.92 Å². The van der Waals surface area contributed by atoms with Gasteiger partial charge in [-0.25, -0.2) is 0 Å². The van der Waals surface area contributed by atoms with Gasteiger partial charge in [-0.1, -0.05) is 13.8 Å². The minimum atomic E-state index is -0.823. The van der Waals surface area contributed by atoms with Gasteiger partial charge in [0.05, 0.1) is 17.2 Å². The molecule has 120 valence electrons. The third-order valence-corrected chi connectivity index (χ3v) is 6.50. The molecule has 2 aliphatic heterocycles. The number of hydrogen-bond acceptors (Lipinski definition) is 3.